The number of nitrogens with one attached hydrogen (secondary N) is 2. The molecule has 2 heterocycles. The second-order valence-corrected chi connectivity index (χ2v) is 6.99. The van der Waals surface area contributed by atoms with Crippen molar-refractivity contribution in [3.63, 3.8) is 0 Å². The summed E-state index contributed by atoms with van der Waals surface area (Å²) in [7, 11) is 1.61. The van der Waals surface area contributed by atoms with Gasteiger partial charge in [0.1, 0.15) is 0 Å². The normalized spacial score (nSPS) is 11.0. The molecule has 1 aromatic carbocycles. The third-order valence-electron chi connectivity index (χ3n) is 3.81. The molecule has 0 unspecified atom stereocenters. The van der Waals surface area contributed by atoms with Gasteiger partial charge in [-0.2, -0.15) is 0 Å². The molecule has 2 N–H and O–H groups in total. The zero-order valence-corrected chi connectivity index (χ0v) is 16.0. The molecule has 26 heavy (non-hydrogen) atoms. The minimum Gasteiger partial charge on any atom is -0.385 e. The van der Waals surface area contributed by atoms with E-state index in [1.54, 1.807) is 25.3 Å². The van der Waals surface area contributed by atoms with E-state index < -0.39 is 0 Å². The Morgan fingerprint density at radius 2 is 2.27 bits per heavy atom. The molecule has 0 atom stereocenters. The number of amides is 1. The lowest BCUT2D eigenvalue weighted by Crippen LogP contribution is -2.23. The average Bonchev–Trinajstić information content (AvgIpc) is 3.02. The van der Waals surface area contributed by atoms with Crippen molar-refractivity contribution in [3.05, 3.63) is 50.0 Å². The molecule has 0 spiro atoms. The highest BCUT2D eigenvalue weighted by molar-refractivity contribution is 7.71. The summed E-state index contributed by atoms with van der Waals surface area (Å²) in [6.45, 7) is 2.89. The smallest absolute Gasteiger partial charge is 0.262 e. The number of aromatic nitrogens is 3. The highest BCUT2D eigenvalue weighted by atomic mass is 32.1. The first kappa shape index (κ1) is 18.4. The molecular formula is C17H18N4O3S2. The largest absolute Gasteiger partial charge is 0.385 e. The van der Waals surface area contributed by atoms with E-state index in [1.165, 1.54) is 15.9 Å². The number of carbonyl (C=O) groups excluding carboxylic acids is 1. The number of aromatic amines is 1. The lowest BCUT2D eigenvalue weighted by atomic mass is 10.1. The topological polar surface area (TPSA) is 89.0 Å². The number of thiazole rings is 1. The molecule has 3 rings (SSSR count). The van der Waals surface area contributed by atoms with Crippen molar-refractivity contribution in [2.24, 2.45) is 0 Å². The molecule has 7 nitrogen and oxygen atoms in total. The number of benzene rings is 1. The van der Waals surface area contributed by atoms with Gasteiger partial charge in [-0.3, -0.25) is 19.5 Å². The number of fused-ring (bicyclic) bond motifs is 1. The summed E-state index contributed by atoms with van der Waals surface area (Å²) in [5.41, 5.74) is 1.63. The van der Waals surface area contributed by atoms with Crippen molar-refractivity contribution in [1.29, 1.82) is 0 Å². The third kappa shape index (κ3) is 3.90. The second kappa shape index (κ2) is 7.90. The quantitative estimate of drug-likeness (QED) is 0.499. The summed E-state index contributed by atoms with van der Waals surface area (Å²) in [6.07, 6.45) is 0.688. The van der Waals surface area contributed by atoms with Crippen molar-refractivity contribution in [2.45, 2.75) is 19.9 Å². The fraction of sp³-hybridized carbons (Fsp3) is 0.294. The van der Waals surface area contributed by atoms with Crippen LogP contribution in [-0.4, -0.2) is 34.2 Å². The minimum atomic E-state index is -0.287. The lowest BCUT2D eigenvalue weighted by molar-refractivity contribution is 0.102. The molecule has 0 fully saturated rings. The summed E-state index contributed by atoms with van der Waals surface area (Å²) in [5, 5.41) is 5.63. The molecule has 136 valence electrons. The van der Waals surface area contributed by atoms with Gasteiger partial charge in [-0.05, 0) is 43.8 Å². The fourth-order valence-electron chi connectivity index (χ4n) is 2.55. The Labute approximate surface area is 158 Å². The Bertz CT molecular complexity index is 1070. The number of hydrogen-bond donors (Lipinski definition) is 2. The average molecular weight is 390 g/mol. The molecular weight excluding hydrogens is 372 g/mol. The van der Waals surface area contributed by atoms with Crippen LogP contribution in [0.15, 0.2) is 28.4 Å². The molecule has 0 saturated carbocycles. The van der Waals surface area contributed by atoms with Crippen LogP contribution in [0.4, 0.5) is 5.13 Å². The molecule has 0 bridgehead atoms. The van der Waals surface area contributed by atoms with Gasteiger partial charge >= 0.3 is 0 Å². The molecule has 0 aliphatic heterocycles. The van der Waals surface area contributed by atoms with Crippen LogP contribution in [0.5, 0.6) is 0 Å². The van der Waals surface area contributed by atoms with Gasteiger partial charge in [0.15, 0.2) is 9.90 Å². The third-order valence-corrected chi connectivity index (χ3v) is 5.01. The first-order chi connectivity index (χ1) is 12.5. The number of nitrogens with zero attached hydrogens (tertiary/aromatic N) is 2. The number of hydrogen-bond acceptors (Lipinski definition) is 6. The molecule has 2 aromatic heterocycles. The van der Waals surface area contributed by atoms with Gasteiger partial charge in [-0.1, -0.05) is 0 Å². The van der Waals surface area contributed by atoms with Crippen LogP contribution in [0.1, 0.15) is 22.5 Å². The Morgan fingerprint density at radius 3 is 2.96 bits per heavy atom. The van der Waals surface area contributed by atoms with E-state index in [2.05, 4.69) is 15.3 Å². The van der Waals surface area contributed by atoms with E-state index in [0.29, 0.717) is 45.9 Å². The van der Waals surface area contributed by atoms with Crippen molar-refractivity contribution in [1.82, 2.24) is 14.5 Å². The van der Waals surface area contributed by atoms with Gasteiger partial charge in [-0.25, -0.2) is 4.98 Å². The van der Waals surface area contributed by atoms with E-state index in [4.69, 9.17) is 17.0 Å². The summed E-state index contributed by atoms with van der Waals surface area (Å²) >= 11 is 6.65. The van der Waals surface area contributed by atoms with Crippen LogP contribution in [0.2, 0.25) is 0 Å². The van der Waals surface area contributed by atoms with E-state index in [1.807, 2.05) is 12.3 Å². The van der Waals surface area contributed by atoms with E-state index in [0.717, 1.165) is 5.69 Å². The van der Waals surface area contributed by atoms with E-state index in [9.17, 15) is 9.59 Å². The predicted octanol–water partition coefficient (Wildman–Crippen LogP) is 3.11. The van der Waals surface area contributed by atoms with Crippen LogP contribution < -0.4 is 10.9 Å². The molecule has 0 aliphatic rings. The van der Waals surface area contributed by atoms with Crippen molar-refractivity contribution < 1.29 is 9.53 Å². The van der Waals surface area contributed by atoms with E-state index in [-0.39, 0.29) is 11.5 Å². The summed E-state index contributed by atoms with van der Waals surface area (Å²) < 4.78 is 6.85. The summed E-state index contributed by atoms with van der Waals surface area (Å²) in [5.74, 6) is -0.287. The molecule has 0 aliphatic carbocycles. The monoisotopic (exact) mass is 390 g/mol. The van der Waals surface area contributed by atoms with Gasteiger partial charge in [0.2, 0.25) is 0 Å². The molecule has 0 saturated heterocycles. The zero-order chi connectivity index (χ0) is 18.7. The number of H-pyrrole nitrogens is 1. The van der Waals surface area contributed by atoms with Gasteiger partial charge < -0.3 is 9.72 Å². The fourth-order valence-corrected chi connectivity index (χ4v) is 3.51. The minimum absolute atomic E-state index is 0.178. The van der Waals surface area contributed by atoms with Crippen LogP contribution in [0.25, 0.3) is 10.9 Å². The van der Waals surface area contributed by atoms with Crippen molar-refractivity contribution in [2.75, 3.05) is 19.0 Å². The Kier molecular flexibility index (Phi) is 5.60. The van der Waals surface area contributed by atoms with Gasteiger partial charge in [0, 0.05) is 31.2 Å². The number of rotatable bonds is 6. The molecule has 1 amide bonds. The Morgan fingerprint density at radius 1 is 1.46 bits per heavy atom. The number of methoxy groups -OCH3 is 1. The zero-order valence-electron chi connectivity index (χ0n) is 14.4. The van der Waals surface area contributed by atoms with Gasteiger partial charge in [-0.15, -0.1) is 11.3 Å². The van der Waals surface area contributed by atoms with Crippen molar-refractivity contribution in [3.8, 4) is 0 Å². The first-order valence-corrected chi connectivity index (χ1v) is 9.27. The molecule has 0 radical (unpaired) electrons. The standard InChI is InChI=1S/C17H18N4O3S2/c1-10-9-26-16(18-10)20-14(22)11-4-5-12-13(8-11)19-17(25)21(15(12)23)6-3-7-24-2/h4-5,8-9H,3,6-7H2,1-2H3,(H,19,25)(H,18,20,22). The maximum absolute atomic E-state index is 12.6. The first-order valence-electron chi connectivity index (χ1n) is 7.99. The Hall–Kier alpha value is -2.36. The highest BCUT2D eigenvalue weighted by Gasteiger charge is 2.12. The SMILES string of the molecule is COCCCn1c(=S)[nH]c2cc(C(=O)Nc3nc(C)cs3)ccc2c1=O. The maximum atomic E-state index is 12.6. The number of aryl methyl sites for hydroxylation is 1. The van der Waals surface area contributed by atoms with Crippen LogP contribution >= 0.6 is 23.6 Å². The van der Waals surface area contributed by atoms with Gasteiger partial charge in [0.25, 0.3) is 11.5 Å². The molecule has 9 heteroatoms. The number of carbonyl (C=O) groups is 1. The number of anilines is 1. The van der Waals surface area contributed by atoms with E-state index >= 15 is 0 Å². The van der Waals surface area contributed by atoms with Crippen LogP contribution in [0.3, 0.4) is 0 Å². The summed E-state index contributed by atoms with van der Waals surface area (Å²) in [6, 6.07) is 4.88. The second-order valence-electron chi connectivity index (χ2n) is 5.74. The highest BCUT2D eigenvalue weighted by Crippen LogP contribution is 2.17. The Balaban J connectivity index is 1.91. The van der Waals surface area contributed by atoms with Crippen molar-refractivity contribution >= 4 is 45.5 Å². The van der Waals surface area contributed by atoms with Crippen LogP contribution in [0, 0.1) is 11.7 Å². The maximum Gasteiger partial charge on any atom is 0.262 e. The predicted molar refractivity (Wildman–Crippen MR) is 105 cm³/mol. The lowest BCUT2D eigenvalue weighted by Gasteiger charge is -2.09. The van der Waals surface area contributed by atoms with Gasteiger partial charge in [0.05, 0.1) is 16.6 Å². The van der Waals surface area contributed by atoms with Crippen LogP contribution in [-0.2, 0) is 11.3 Å². The summed E-state index contributed by atoms with van der Waals surface area (Å²) in [4.78, 5) is 32.3. The number of ether oxygens (including phenoxy) is 1. The molecule has 3 aromatic rings.